The SMILES string of the molecule is O=C1c2ccc(S(=O)(=O)O)cc2C(=O)c2c([N+](=O)[O-])ccc(Cl)c21.[Na+]. The van der Waals surface area contributed by atoms with Gasteiger partial charge in [-0.1, -0.05) is 11.6 Å². The van der Waals surface area contributed by atoms with Gasteiger partial charge in [0.15, 0.2) is 5.78 Å². The van der Waals surface area contributed by atoms with E-state index >= 15 is 0 Å². The van der Waals surface area contributed by atoms with Crippen LogP contribution in [0, 0.1) is 10.1 Å². The molecule has 0 saturated heterocycles. The van der Waals surface area contributed by atoms with Crippen molar-refractivity contribution in [3.63, 3.8) is 0 Å². The van der Waals surface area contributed by atoms with E-state index in [9.17, 15) is 28.1 Å². The smallest absolute Gasteiger partial charge is 0.288 e. The Hall–Kier alpha value is -1.62. The van der Waals surface area contributed by atoms with Gasteiger partial charge in [0.2, 0.25) is 5.78 Å². The van der Waals surface area contributed by atoms with Crippen LogP contribution in [-0.2, 0) is 10.1 Å². The van der Waals surface area contributed by atoms with Gasteiger partial charge in [-0.25, -0.2) is 0 Å². The van der Waals surface area contributed by atoms with Crippen molar-refractivity contribution in [1.82, 2.24) is 0 Å². The molecule has 8 nitrogen and oxygen atoms in total. The first-order chi connectivity index (χ1) is 11.1. The minimum atomic E-state index is -4.61. The first-order valence-corrected chi connectivity index (χ1v) is 8.12. The van der Waals surface area contributed by atoms with Crippen molar-refractivity contribution in [3.8, 4) is 0 Å². The van der Waals surface area contributed by atoms with Crippen LogP contribution < -0.4 is 29.6 Å². The molecule has 0 radical (unpaired) electrons. The van der Waals surface area contributed by atoms with Crippen LogP contribution in [0.3, 0.4) is 0 Å². The molecule has 11 heteroatoms. The second-order valence-corrected chi connectivity index (χ2v) is 6.74. The maximum absolute atomic E-state index is 12.6. The molecule has 0 aromatic heterocycles. The summed E-state index contributed by atoms with van der Waals surface area (Å²) in [5.74, 6) is -1.66. The van der Waals surface area contributed by atoms with Gasteiger partial charge in [0.25, 0.3) is 15.8 Å². The van der Waals surface area contributed by atoms with E-state index in [0.717, 1.165) is 30.3 Å². The van der Waals surface area contributed by atoms with Gasteiger partial charge in [0, 0.05) is 17.2 Å². The van der Waals surface area contributed by atoms with Crippen LogP contribution in [0.1, 0.15) is 31.8 Å². The Bertz CT molecular complexity index is 1070. The fourth-order valence-electron chi connectivity index (χ4n) is 2.51. The van der Waals surface area contributed by atoms with Crippen molar-refractivity contribution >= 4 is 39.0 Å². The van der Waals surface area contributed by atoms with Gasteiger partial charge in [0.1, 0.15) is 5.56 Å². The van der Waals surface area contributed by atoms with Gasteiger partial charge >= 0.3 is 29.6 Å². The second kappa shape index (κ2) is 6.60. The van der Waals surface area contributed by atoms with Crippen LogP contribution in [0.2, 0.25) is 5.02 Å². The summed E-state index contributed by atoms with van der Waals surface area (Å²) in [6.45, 7) is 0. The summed E-state index contributed by atoms with van der Waals surface area (Å²) in [5.41, 5.74) is -1.92. The molecular formula is C14H6ClNNaO7S+. The molecular weight excluding hydrogens is 385 g/mol. The standard InChI is InChI=1S/C14H6ClNO7S.Na/c15-9-3-4-10(16(19)20)12-11(9)13(17)7-2-1-6(24(21,22)23)5-8(7)14(12)18;/h1-5H,(H,21,22,23);/q;+1. The Labute approximate surface area is 168 Å². The fraction of sp³-hybridized carbons (Fsp3) is 0. The minimum absolute atomic E-state index is 0. The van der Waals surface area contributed by atoms with Crippen molar-refractivity contribution in [3.05, 3.63) is 67.7 Å². The number of ketones is 2. The normalized spacial score (nSPS) is 12.9. The molecule has 0 amide bonds. The Morgan fingerprint density at radius 3 is 2.16 bits per heavy atom. The van der Waals surface area contributed by atoms with E-state index < -0.39 is 42.8 Å². The zero-order chi connectivity index (χ0) is 17.8. The minimum Gasteiger partial charge on any atom is -0.288 e. The molecule has 2 aromatic carbocycles. The summed E-state index contributed by atoms with van der Waals surface area (Å²) >= 11 is 5.92. The Morgan fingerprint density at radius 1 is 1.00 bits per heavy atom. The number of halogens is 1. The number of nitro groups is 1. The van der Waals surface area contributed by atoms with E-state index in [4.69, 9.17) is 16.2 Å². The third-order valence-corrected chi connectivity index (χ3v) is 4.73. The monoisotopic (exact) mass is 390 g/mol. The van der Waals surface area contributed by atoms with Crippen molar-refractivity contribution in [2.24, 2.45) is 0 Å². The van der Waals surface area contributed by atoms with Crippen molar-refractivity contribution in [2.75, 3.05) is 0 Å². The number of carbonyl (C=O) groups excluding carboxylic acids is 2. The topological polar surface area (TPSA) is 132 Å². The number of nitro benzene ring substituents is 1. The molecule has 1 aliphatic rings. The second-order valence-electron chi connectivity index (χ2n) is 4.91. The van der Waals surface area contributed by atoms with E-state index in [1.54, 1.807) is 0 Å². The predicted molar refractivity (Wildman–Crippen MR) is 81.2 cm³/mol. The molecule has 2 aromatic rings. The number of nitrogens with zero attached hydrogens (tertiary/aromatic N) is 1. The molecule has 0 heterocycles. The van der Waals surface area contributed by atoms with Gasteiger partial charge in [-0.2, -0.15) is 8.42 Å². The maximum Gasteiger partial charge on any atom is 1.00 e. The number of hydrogen-bond acceptors (Lipinski definition) is 6. The van der Waals surface area contributed by atoms with E-state index in [1.165, 1.54) is 0 Å². The molecule has 0 spiro atoms. The van der Waals surface area contributed by atoms with Crippen molar-refractivity contribution in [2.45, 2.75) is 4.90 Å². The molecule has 1 N–H and O–H groups in total. The largest absolute Gasteiger partial charge is 1.00 e. The Morgan fingerprint density at radius 2 is 1.60 bits per heavy atom. The maximum atomic E-state index is 12.6. The van der Waals surface area contributed by atoms with Crippen LogP contribution in [0.5, 0.6) is 0 Å². The summed E-state index contributed by atoms with van der Waals surface area (Å²) in [4.78, 5) is 34.9. The summed E-state index contributed by atoms with van der Waals surface area (Å²) in [5, 5.41) is 11.0. The van der Waals surface area contributed by atoms with Crippen LogP contribution >= 0.6 is 11.6 Å². The number of carbonyl (C=O) groups is 2. The molecule has 122 valence electrons. The van der Waals surface area contributed by atoms with Gasteiger partial charge in [-0.05, 0) is 24.3 Å². The van der Waals surface area contributed by atoms with Crippen molar-refractivity contribution < 1.29 is 57.0 Å². The van der Waals surface area contributed by atoms with E-state index in [2.05, 4.69) is 0 Å². The number of hydrogen-bond donors (Lipinski definition) is 1. The van der Waals surface area contributed by atoms with Gasteiger partial charge in [-0.3, -0.25) is 24.3 Å². The van der Waals surface area contributed by atoms with E-state index in [1.807, 2.05) is 0 Å². The zero-order valence-electron chi connectivity index (χ0n) is 12.5. The van der Waals surface area contributed by atoms with Crippen LogP contribution in [0.15, 0.2) is 35.2 Å². The summed E-state index contributed by atoms with van der Waals surface area (Å²) in [7, 11) is -4.61. The number of benzene rings is 2. The van der Waals surface area contributed by atoms with E-state index in [-0.39, 0.29) is 51.3 Å². The van der Waals surface area contributed by atoms with E-state index in [0.29, 0.717) is 0 Å². The molecule has 1 aliphatic carbocycles. The molecule has 25 heavy (non-hydrogen) atoms. The van der Waals surface area contributed by atoms with Crippen molar-refractivity contribution in [1.29, 1.82) is 0 Å². The average molecular weight is 391 g/mol. The number of rotatable bonds is 2. The summed E-state index contributed by atoms with van der Waals surface area (Å²) < 4.78 is 31.5. The summed E-state index contributed by atoms with van der Waals surface area (Å²) in [6, 6.07) is 4.94. The van der Waals surface area contributed by atoms with Gasteiger partial charge in [-0.15, -0.1) is 0 Å². The molecule has 0 bridgehead atoms. The van der Waals surface area contributed by atoms with Crippen LogP contribution in [-0.4, -0.2) is 29.5 Å². The Balaban J connectivity index is 0.00000225. The van der Waals surface area contributed by atoms with Gasteiger partial charge in [0.05, 0.1) is 20.4 Å². The molecule has 0 atom stereocenters. The first kappa shape index (κ1) is 19.7. The van der Waals surface area contributed by atoms with Gasteiger partial charge < -0.3 is 0 Å². The average Bonchev–Trinajstić information content (AvgIpc) is 2.50. The molecule has 0 aliphatic heterocycles. The molecule has 3 rings (SSSR count). The number of fused-ring (bicyclic) bond motifs is 2. The predicted octanol–water partition coefficient (Wildman–Crippen LogP) is -0.726. The summed E-state index contributed by atoms with van der Waals surface area (Å²) in [6.07, 6.45) is 0. The molecule has 0 fully saturated rings. The Kier molecular flexibility index (Phi) is 5.20. The quantitative estimate of drug-likeness (QED) is 0.264. The van der Waals surface area contributed by atoms with Crippen LogP contribution in [0.25, 0.3) is 0 Å². The fourth-order valence-corrected chi connectivity index (χ4v) is 3.26. The first-order valence-electron chi connectivity index (χ1n) is 6.30. The molecule has 0 unspecified atom stereocenters. The third-order valence-electron chi connectivity index (χ3n) is 3.56. The zero-order valence-corrected chi connectivity index (χ0v) is 16.1. The third kappa shape index (κ3) is 3.14. The van der Waals surface area contributed by atoms with Crippen LogP contribution in [0.4, 0.5) is 5.69 Å². The molecule has 0 saturated carbocycles.